The van der Waals surface area contributed by atoms with Crippen LogP contribution in [0.25, 0.3) is 16.3 Å². The number of nitrogens with zero attached hydrogens (tertiary/aromatic N) is 4. The number of amides is 1. The van der Waals surface area contributed by atoms with E-state index in [9.17, 15) is 17.8 Å². The van der Waals surface area contributed by atoms with E-state index in [4.69, 9.17) is 24.3 Å². The number of rotatable bonds is 8. The Labute approximate surface area is 256 Å². The van der Waals surface area contributed by atoms with Gasteiger partial charge < -0.3 is 14.2 Å². The Hall–Kier alpha value is -4.11. The number of thioether (sulfide) groups is 1. The lowest BCUT2D eigenvalue weighted by Gasteiger charge is -2.39. The first-order valence-electron chi connectivity index (χ1n) is 12.9. The molecule has 1 saturated heterocycles. The molecule has 1 fully saturated rings. The Morgan fingerprint density at radius 1 is 0.977 bits per heavy atom. The SMILES string of the molecule is COc1cc(/C=C/C2=NN(c3cccc(S(=O)(=O)O)c3)C3(C2)SCC(=O)N3c2nc3ccccc3s2)cc(OC)c1OC. The van der Waals surface area contributed by atoms with Crippen molar-refractivity contribution in [3.63, 3.8) is 0 Å². The average molecular weight is 639 g/mol. The molecule has 1 atom stereocenters. The fourth-order valence-electron chi connectivity index (χ4n) is 5.07. The fraction of sp³-hybridized carbons (Fsp3) is 0.207. The summed E-state index contributed by atoms with van der Waals surface area (Å²) in [5, 5.41) is 7.02. The van der Waals surface area contributed by atoms with E-state index in [0.29, 0.717) is 40.2 Å². The molecule has 222 valence electrons. The Kier molecular flexibility index (Phi) is 7.54. The number of thiazole rings is 1. The summed E-state index contributed by atoms with van der Waals surface area (Å²) in [5.41, 5.74) is 2.54. The van der Waals surface area contributed by atoms with E-state index < -0.39 is 15.1 Å². The van der Waals surface area contributed by atoms with Crippen LogP contribution in [0.3, 0.4) is 0 Å². The summed E-state index contributed by atoms with van der Waals surface area (Å²) < 4.78 is 51.1. The molecule has 2 aliphatic rings. The van der Waals surface area contributed by atoms with Crippen molar-refractivity contribution in [1.82, 2.24) is 4.98 Å². The quantitative estimate of drug-likeness (QED) is 0.254. The minimum absolute atomic E-state index is 0.148. The molecule has 0 bridgehead atoms. The Bertz CT molecular complexity index is 1850. The van der Waals surface area contributed by atoms with E-state index in [-0.39, 0.29) is 16.6 Å². The van der Waals surface area contributed by atoms with Crippen molar-refractivity contribution >= 4 is 71.9 Å². The normalized spacial score (nSPS) is 18.7. The second-order valence-electron chi connectivity index (χ2n) is 9.57. The lowest BCUT2D eigenvalue weighted by Crippen LogP contribution is -2.53. The van der Waals surface area contributed by atoms with Crippen LogP contribution in [0.15, 0.2) is 76.7 Å². The predicted octanol–water partition coefficient (Wildman–Crippen LogP) is 5.28. The molecule has 1 unspecified atom stereocenters. The van der Waals surface area contributed by atoms with Gasteiger partial charge in [0, 0.05) is 6.42 Å². The van der Waals surface area contributed by atoms with Crippen molar-refractivity contribution < 1.29 is 32.0 Å². The van der Waals surface area contributed by atoms with Gasteiger partial charge in [0.25, 0.3) is 10.1 Å². The number of hydrazone groups is 1. The van der Waals surface area contributed by atoms with Gasteiger partial charge in [-0.2, -0.15) is 13.5 Å². The maximum Gasteiger partial charge on any atom is 0.294 e. The number of carbonyl (C=O) groups is 1. The molecule has 1 N–H and O–H groups in total. The van der Waals surface area contributed by atoms with E-state index >= 15 is 0 Å². The first-order chi connectivity index (χ1) is 20.7. The highest BCUT2D eigenvalue weighted by molar-refractivity contribution is 8.02. The van der Waals surface area contributed by atoms with Crippen LogP contribution in [0.5, 0.6) is 17.2 Å². The lowest BCUT2D eigenvalue weighted by molar-refractivity contribution is -0.116. The summed E-state index contributed by atoms with van der Waals surface area (Å²) in [7, 11) is 0.132. The van der Waals surface area contributed by atoms with Crippen LogP contribution in [0.4, 0.5) is 10.8 Å². The number of benzene rings is 3. The van der Waals surface area contributed by atoms with Gasteiger partial charge >= 0.3 is 0 Å². The number of methoxy groups -OCH3 is 3. The number of hydrogen-bond acceptors (Lipinski definition) is 11. The largest absolute Gasteiger partial charge is 0.493 e. The minimum atomic E-state index is -4.48. The number of hydrogen-bond donors (Lipinski definition) is 1. The van der Waals surface area contributed by atoms with Crippen molar-refractivity contribution in [2.45, 2.75) is 16.3 Å². The molecule has 1 amide bonds. The smallest absolute Gasteiger partial charge is 0.294 e. The van der Waals surface area contributed by atoms with Crippen molar-refractivity contribution in [1.29, 1.82) is 0 Å². The zero-order chi connectivity index (χ0) is 30.4. The van der Waals surface area contributed by atoms with Crippen LogP contribution >= 0.6 is 23.1 Å². The van der Waals surface area contributed by atoms with E-state index in [1.54, 1.807) is 42.3 Å². The summed E-state index contributed by atoms with van der Waals surface area (Å²) in [6.45, 7) is 0. The molecule has 43 heavy (non-hydrogen) atoms. The zero-order valence-electron chi connectivity index (χ0n) is 23.3. The molecule has 4 aromatic rings. The van der Waals surface area contributed by atoms with Gasteiger partial charge in [0.05, 0.1) is 53.6 Å². The van der Waals surface area contributed by atoms with Crippen molar-refractivity contribution in [3.05, 3.63) is 72.3 Å². The topological polar surface area (TPSA) is 131 Å². The molecule has 3 heterocycles. The summed E-state index contributed by atoms with van der Waals surface area (Å²) in [4.78, 5) is 18.6. The molecular weight excluding hydrogens is 613 g/mol. The molecule has 11 nitrogen and oxygen atoms in total. The molecule has 0 radical (unpaired) electrons. The number of fused-ring (bicyclic) bond motifs is 1. The maximum atomic E-state index is 13.5. The number of carbonyl (C=O) groups excluding carboxylic acids is 1. The molecule has 0 saturated carbocycles. The highest BCUT2D eigenvalue weighted by Gasteiger charge is 2.56. The molecule has 3 aromatic carbocycles. The molecule has 6 rings (SSSR count). The summed E-state index contributed by atoms with van der Waals surface area (Å²) in [5.74, 6) is 1.48. The lowest BCUT2D eigenvalue weighted by atomic mass is 10.1. The third-order valence-electron chi connectivity index (χ3n) is 6.99. The third kappa shape index (κ3) is 5.20. The molecule has 1 aromatic heterocycles. The van der Waals surface area contributed by atoms with Crippen molar-refractivity contribution in [2.75, 3.05) is 37.0 Å². The van der Waals surface area contributed by atoms with Gasteiger partial charge in [-0.1, -0.05) is 47.4 Å². The Balaban J connectivity index is 1.45. The minimum Gasteiger partial charge on any atom is -0.493 e. The van der Waals surface area contributed by atoms with Gasteiger partial charge in [-0.05, 0) is 54.1 Å². The highest BCUT2D eigenvalue weighted by atomic mass is 32.2. The van der Waals surface area contributed by atoms with Crippen LogP contribution in [0, 0.1) is 0 Å². The Morgan fingerprint density at radius 3 is 2.40 bits per heavy atom. The third-order valence-corrected chi connectivity index (χ3v) is 10.2. The van der Waals surface area contributed by atoms with Gasteiger partial charge in [-0.3, -0.25) is 14.2 Å². The van der Waals surface area contributed by atoms with Gasteiger partial charge in [0.15, 0.2) is 21.6 Å². The van der Waals surface area contributed by atoms with Gasteiger partial charge in [0.1, 0.15) is 0 Å². The van der Waals surface area contributed by atoms with Crippen LogP contribution in [0.2, 0.25) is 0 Å². The van der Waals surface area contributed by atoms with E-state index in [0.717, 1.165) is 15.8 Å². The summed E-state index contributed by atoms with van der Waals surface area (Å²) in [6, 6.07) is 17.1. The van der Waals surface area contributed by atoms with Crippen molar-refractivity contribution in [3.8, 4) is 17.2 Å². The van der Waals surface area contributed by atoms with Crippen LogP contribution < -0.4 is 24.1 Å². The number of anilines is 2. The van der Waals surface area contributed by atoms with E-state index in [1.165, 1.54) is 48.4 Å². The molecule has 2 aliphatic heterocycles. The number of ether oxygens (including phenoxy) is 3. The van der Waals surface area contributed by atoms with E-state index in [1.807, 2.05) is 36.4 Å². The number of allylic oxidation sites excluding steroid dienone is 1. The first kappa shape index (κ1) is 29.0. The van der Waals surface area contributed by atoms with Crippen LogP contribution in [-0.2, 0) is 14.9 Å². The Morgan fingerprint density at radius 2 is 1.72 bits per heavy atom. The predicted molar refractivity (Wildman–Crippen MR) is 168 cm³/mol. The number of para-hydroxylation sites is 1. The van der Waals surface area contributed by atoms with Crippen LogP contribution in [-0.4, -0.2) is 61.7 Å². The average Bonchev–Trinajstić information content (AvgIpc) is 3.69. The fourth-order valence-corrected chi connectivity index (χ4v) is 8.02. The van der Waals surface area contributed by atoms with Crippen LogP contribution in [0.1, 0.15) is 12.0 Å². The summed E-state index contributed by atoms with van der Waals surface area (Å²) in [6.07, 6.45) is 3.98. The second kappa shape index (κ2) is 11.2. The van der Waals surface area contributed by atoms with Crippen molar-refractivity contribution in [2.24, 2.45) is 5.10 Å². The molecular formula is C29H26N4O7S3. The maximum absolute atomic E-state index is 13.5. The highest BCUT2D eigenvalue weighted by Crippen LogP contribution is 2.51. The standard InChI is InChI=1S/C29H26N4O7S3/c1-38-23-13-18(14-24(39-2)27(23)40-3)11-12-19-16-29(33(31-19)20-7-6-8-21(15-20)43(35,36)37)32(26(34)17-41-29)28-30-22-9-4-5-10-25(22)42-28/h4-15H,16-17H2,1-3H3,(H,35,36,37)/b12-11+. The van der Waals surface area contributed by atoms with Gasteiger partial charge in [-0.15, -0.1) is 0 Å². The first-order valence-corrected chi connectivity index (χ1v) is 16.2. The summed E-state index contributed by atoms with van der Waals surface area (Å²) >= 11 is 2.78. The van der Waals surface area contributed by atoms with E-state index in [2.05, 4.69) is 0 Å². The van der Waals surface area contributed by atoms with Gasteiger partial charge in [-0.25, -0.2) is 9.99 Å². The monoisotopic (exact) mass is 638 g/mol. The zero-order valence-corrected chi connectivity index (χ0v) is 25.7. The molecule has 14 heteroatoms. The number of aromatic nitrogens is 1. The second-order valence-corrected chi connectivity index (χ2v) is 13.2. The van der Waals surface area contributed by atoms with Gasteiger partial charge in [0.2, 0.25) is 11.7 Å². The molecule has 0 aliphatic carbocycles. The molecule has 1 spiro atoms.